The Hall–Kier alpha value is -3.38. The number of rotatable bonds is 8. The molecule has 1 amide bonds. The molecule has 0 saturated carbocycles. The van der Waals surface area contributed by atoms with Gasteiger partial charge in [0.2, 0.25) is 0 Å². The second kappa shape index (κ2) is 10.2. The van der Waals surface area contributed by atoms with Gasteiger partial charge in [0, 0.05) is 23.0 Å². The van der Waals surface area contributed by atoms with Crippen LogP contribution < -0.4 is 14.9 Å². The van der Waals surface area contributed by atoms with Crippen LogP contribution in [0.1, 0.15) is 28.4 Å². The summed E-state index contributed by atoms with van der Waals surface area (Å²) in [4.78, 5) is 15.9. The average molecular weight is 410 g/mol. The molecule has 1 N–H and O–H groups in total. The fraction of sp³-hybridized carbons (Fsp3) is 0.136. The maximum atomic E-state index is 12.0. The molecule has 0 bridgehead atoms. The lowest BCUT2D eigenvalue weighted by Gasteiger charge is -2.12. The molecule has 7 heteroatoms. The SMILES string of the molecule is CCOc1cc(/C=N/NC(=O)c2ccncc2)ccc1OCc1ccc(Cl)cc1. The van der Waals surface area contributed by atoms with Crippen molar-refractivity contribution in [3.05, 3.63) is 88.7 Å². The number of ether oxygens (including phenoxy) is 2. The van der Waals surface area contributed by atoms with Gasteiger partial charge in [-0.25, -0.2) is 5.43 Å². The average Bonchev–Trinajstić information content (AvgIpc) is 2.75. The van der Waals surface area contributed by atoms with E-state index in [9.17, 15) is 4.79 Å². The van der Waals surface area contributed by atoms with Crippen LogP contribution in [0.3, 0.4) is 0 Å². The standard InChI is InChI=1S/C22H20ClN3O3/c1-2-28-21-13-17(14-25-26-22(27)18-9-11-24-12-10-18)5-8-20(21)29-15-16-3-6-19(23)7-4-16/h3-14H,2,15H2,1H3,(H,26,27)/b25-14+. The number of hydrazone groups is 1. The van der Waals surface area contributed by atoms with Crippen LogP contribution in [0.15, 0.2) is 72.1 Å². The molecule has 0 radical (unpaired) electrons. The van der Waals surface area contributed by atoms with Crippen molar-refractivity contribution >= 4 is 23.7 Å². The summed E-state index contributed by atoms with van der Waals surface area (Å²) < 4.78 is 11.6. The molecule has 148 valence electrons. The summed E-state index contributed by atoms with van der Waals surface area (Å²) in [7, 11) is 0. The predicted octanol–water partition coefficient (Wildman–Crippen LogP) is 4.48. The van der Waals surface area contributed by atoms with Crippen LogP contribution >= 0.6 is 11.6 Å². The minimum atomic E-state index is -0.309. The number of nitrogens with zero attached hydrogens (tertiary/aromatic N) is 2. The van der Waals surface area contributed by atoms with Gasteiger partial charge in [0.1, 0.15) is 6.61 Å². The number of hydrogen-bond donors (Lipinski definition) is 1. The number of carbonyl (C=O) groups excluding carboxylic acids is 1. The third-order valence-corrected chi connectivity index (χ3v) is 4.15. The Balaban J connectivity index is 1.65. The maximum absolute atomic E-state index is 12.0. The molecule has 1 aromatic heterocycles. The third-order valence-electron chi connectivity index (χ3n) is 3.90. The first-order valence-electron chi connectivity index (χ1n) is 9.03. The molecule has 2 aromatic carbocycles. The number of nitrogens with one attached hydrogen (secondary N) is 1. The van der Waals surface area contributed by atoms with E-state index in [1.165, 1.54) is 0 Å². The van der Waals surface area contributed by atoms with Gasteiger partial charge in [-0.05, 0) is 60.5 Å². The zero-order chi connectivity index (χ0) is 20.5. The van der Waals surface area contributed by atoms with Crippen LogP contribution in [0, 0.1) is 0 Å². The van der Waals surface area contributed by atoms with Crippen molar-refractivity contribution in [2.24, 2.45) is 5.10 Å². The summed E-state index contributed by atoms with van der Waals surface area (Å²) in [6.07, 6.45) is 4.65. The van der Waals surface area contributed by atoms with Gasteiger partial charge in [-0.3, -0.25) is 9.78 Å². The molecular weight excluding hydrogens is 390 g/mol. The molecule has 29 heavy (non-hydrogen) atoms. The Bertz CT molecular complexity index is 976. The van der Waals surface area contributed by atoms with E-state index in [1.807, 2.05) is 49.4 Å². The monoisotopic (exact) mass is 409 g/mol. The van der Waals surface area contributed by atoms with E-state index in [0.29, 0.717) is 35.3 Å². The number of aromatic nitrogens is 1. The molecule has 0 aliphatic carbocycles. The van der Waals surface area contributed by atoms with Crippen LogP contribution in [0.2, 0.25) is 5.02 Å². The topological polar surface area (TPSA) is 72.8 Å². The predicted molar refractivity (Wildman–Crippen MR) is 113 cm³/mol. The highest BCUT2D eigenvalue weighted by atomic mass is 35.5. The molecule has 0 aliphatic heterocycles. The number of halogens is 1. The highest BCUT2D eigenvalue weighted by Crippen LogP contribution is 2.29. The van der Waals surface area contributed by atoms with Crippen LogP contribution in [0.4, 0.5) is 0 Å². The van der Waals surface area contributed by atoms with Crippen LogP contribution in [-0.4, -0.2) is 23.7 Å². The summed E-state index contributed by atoms with van der Waals surface area (Å²) in [6, 6.07) is 16.2. The molecule has 0 unspecified atom stereocenters. The molecule has 0 atom stereocenters. The van der Waals surface area contributed by atoms with Gasteiger partial charge in [0.05, 0.1) is 12.8 Å². The number of hydrogen-bond acceptors (Lipinski definition) is 5. The second-order valence-electron chi connectivity index (χ2n) is 5.99. The van der Waals surface area contributed by atoms with Gasteiger partial charge < -0.3 is 9.47 Å². The van der Waals surface area contributed by atoms with E-state index in [4.69, 9.17) is 21.1 Å². The Labute approximate surface area is 174 Å². The lowest BCUT2D eigenvalue weighted by atomic mass is 10.2. The fourth-order valence-electron chi connectivity index (χ4n) is 2.47. The van der Waals surface area contributed by atoms with E-state index in [1.54, 1.807) is 30.7 Å². The summed E-state index contributed by atoms with van der Waals surface area (Å²) in [6.45, 7) is 2.79. The van der Waals surface area contributed by atoms with Crippen molar-refractivity contribution in [2.75, 3.05) is 6.61 Å². The van der Waals surface area contributed by atoms with E-state index < -0.39 is 0 Å². The summed E-state index contributed by atoms with van der Waals surface area (Å²) in [5, 5.41) is 4.68. The van der Waals surface area contributed by atoms with Gasteiger partial charge >= 0.3 is 0 Å². The van der Waals surface area contributed by atoms with Crippen LogP contribution in [0.25, 0.3) is 0 Å². The van der Waals surface area contributed by atoms with Gasteiger partial charge in [0.25, 0.3) is 5.91 Å². The highest BCUT2D eigenvalue weighted by molar-refractivity contribution is 6.30. The molecule has 1 heterocycles. The Morgan fingerprint density at radius 1 is 1.07 bits per heavy atom. The third kappa shape index (κ3) is 6.05. The first-order valence-corrected chi connectivity index (χ1v) is 9.41. The summed E-state index contributed by atoms with van der Waals surface area (Å²) in [5.41, 5.74) is 4.74. The summed E-state index contributed by atoms with van der Waals surface area (Å²) in [5.74, 6) is 0.919. The van der Waals surface area contributed by atoms with E-state index in [2.05, 4.69) is 15.5 Å². The smallest absolute Gasteiger partial charge is 0.271 e. The lowest BCUT2D eigenvalue weighted by Crippen LogP contribution is -2.17. The van der Waals surface area contributed by atoms with Crippen molar-refractivity contribution < 1.29 is 14.3 Å². The second-order valence-corrected chi connectivity index (χ2v) is 6.43. The Morgan fingerprint density at radius 3 is 2.55 bits per heavy atom. The lowest BCUT2D eigenvalue weighted by molar-refractivity contribution is 0.0955. The van der Waals surface area contributed by atoms with Gasteiger partial charge in [-0.1, -0.05) is 23.7 Å². The van der Waals surface area contributed by atoms with Gasteiger partial charge in [-0.15, -0.1) is 0 Å². The maximum Gasteiger partial charge on any atom is 0.271 e. The van der Waals surface area contributed by atoms with Crippen LogP contribution in [0.5, 0.6) is 11.5 Å². The first-order chi connectivity index (χ1) is 14.2. The molecule has 0 saturated heterocycles. The fourth-order valence-corrected chi connectivity index (χ4v) is 2.59. The molecule has 0 fully saturated rings. The number of carbonyl (C=O) groups is 1. The van der Waals surface area contributed by atoms with Gasteiger partial charge in [0.15, 0.2) is 11.5 Å². The van der Waals surface area contributed by atoms with E-state index in [-0.39, 0.29) is 5.91 Å². The van der Waals surface area contributed by atoms with Crippen molar-refractivity contribution in [3.8, 4) is 11.5 Å². The largest absolute Gasteiger partial charge is 0.490 e. The zero-order valence-electron chi connectivity index (χ0n) is 15.8. The number of amides is 1. The minimum absolute atomic E-state index is 0.309. The first kappa shape index (κ1) is 20.4. The van der Waals surface area contributed by atoms with E-state index in [0.717, 1.165) is 11.1 Å². The van der Waals surface area contributed by atoms with Crippen molar-refractivity contribution in [3.63, 3.8) is 0 Å². The van der Waals surface area contributed by atoms with E-state index >= 15 is 0 Å². The Kier molecular flexibility index (Phi) is 7.19. The molecule has 3 rings (SSSR count). The molecule has 6 nitrogen and oxygen atoms in total. The zero-order valence-corrected chi connectivity index (χ0v) is 16.6. The van der Waals surface area contributed by atoms with Gasteiger partial charge in [-0.2, -0.15) is 5.10 Å². The molecule has 3 aromatic rings. The van der Waals surface area contributed by atoms with Crippen molar-refractivity contribution in [2.45, 2.75) is 13.5 Å². The van der Waals surface area contributed by atoms with Crippen molar-refractivity contribution in [1.82, 2.24) is 10.4 Å². The van der Waals surface area contributed by atoms with Crippen LogP contribution in [-0.2, 0) is 6.61 Å². The number of benzene rings is 2. The molecule has 0 spiro atoms. The normalized spacial score (nSPS) is 10.7. The summed E-state index contributed by atoms with van der Waals surface area (Å²) >= 11 is 5.91. The minimum Gasteiger partial charge on any atom is -0.490 e. The van der Waals surface area contributed by atoms with Crippen molar-refractivity contribution in [1.29, 1.82) is 0 Å². The molecule has 0 aliphatic rings. The highest BCUT2D eigenvalue weighted by Gasteiger charge is 2.07. The Morgan fingerprint density at radius 2 is 1.83 bits per heavy atom. The quantitative estimate of drug-likeness (QED) is 0.440. The number of pyridine rings is 1. The molecular formula is C22H20ClN3O3.